The van der Waals surface area contributed by atoms with Crippen LogP contribution in [0.5, 0.6) is 0 Å². The van der Waals surface area contributed by atoms with Gasteiger partial charge in [0.15, 0.2) is 5.69 Å². The Labute approximate surface area is 124 Å². The molecule has 0 amide bonds. The lowest BCUT2D eigenvalue weighted by molar-refractivity contribution is -0.153. The van der Waals surface area contributed by atoms with Gasteiger partial charge in [-0.3, -0.25) is 9.59 Å². The molecule has 2 rings (SSSR count). The highest BCUT2D eigenvalue weighted by Crippen LogP contribution is 2.50. The number of carbonyl (C=O) groups excluding carboxylic acids is 1. The molecule has 0 aliphatic heterocycles. The number of carbonyl (C=O) groups is 2. The number of nitrogens with zero attached hydrogens (tertiary/aromatic N) is 1. The van der Waals surface area contributed by atoms with Crippen molar-refractivity contribution in [1.82, 2.24) is 0 Å². The summed E-state index contributed by atoms with van der Waals surface area (Å²) in [4.78, 5) is 27.3. The first-order valence-electron chi connectivity index (χ1n) is 7.23. The Morgan fingerprint density at radius 3 is 2.67 bits per heavy atom. The van der Waals surface area contributed by atoms with Crippen molar-refractivity contribution < 1.29 is 14.7 Å². The lowest BCUT2D eigenvalue weighted by Crippen LogP contribution is -2.35. The number of carboxylic acid groups (broad SMARTS) is 1. The van der Waals surface area contributed by atoms with E-state index in [1.54, 1.807) is 24.3 Å². The van der Waals surface area contributed by atoms with Gasteiger partial charge in [-0.05, 0) is 25.2 Å². The third-order valence-electron chi connectivity index (χ3n) is 4.37. The molecule has 4 heteroatoms. The van der Waals surface area contributed by atoms with Crippen LogP contribution in [0.1, 0.15) is 38.2 Å². The van der Waals surface area contributed by atoms with Gasteiger partial charge in [0.2, 0.25) is 0 Å². The molecular formula is C17H19NO3. The van der Waals surface area contributed by atoms with Gasteiger partial charge >= 0.3 is 5.97 Å². The highest BCUT2D eigenvalue weighted by molar-refractivity contribution is 5.88. The molecule has 0 bridgehead atoms. The van der Waals surface area contributed by atoms with Crippen LogP contribution in [0.3, 0.4) is 0 Å². The molecule has 1 fully saturated rings. The summed E-state index contributed by atoms with van der Waals surface area (Å²) in [6, 6.07) is 6.94. The van der Waals surface area contributed by atoms with Crippen LogP contribution < -0.4 is 0 Å². The van der Waals surface area contributed by atoms with Crippen molar-refractivity contribution >= 4 is 17.4 Å². The third kappa shape index (κ3) is 3.30. The maximum absolute atomic E-state index is 12.3. The zero-order valence-electron chi connectivity index (χ0n) is 12.1. The van der Waals surface area contributed by atoms with Gasteiger partial charge in [0.1, 0.15) is 5.78 Å². The summed E-state index contributed by atoms with van der Waals surface area (Å²) in [6.45, 7) is 8.83. The molecule has 1 aliphatic rings. The molecule has 1 aromatic carbocycles. The number of carboxylic acids is 1. The van der Waals surface area contributed by atoms with Crippen molar-refractivity contribution in [3.05, 3.63) is 41.2 Å². The first-order valence-corrected chi connectivity index (χ1v) is 7.23. The van der Waals surface area contributed by atoms with Crippen LogP contribution in [0.25, 0.3) is 4.85 Å². The Kier molecular flexibility index (Phi) is 4.42. The van der Waals surface area contributed by atoms with Gasteiger partial charge in [-0.15, -0.1) is 0 Å². The van der Waals surface area contributed by atoms with Crippen LogP contribution in [0, 0.1) is 17.9 Å². The molecule has 1 N–H and O–H groups in total. The molecule has 0 aromatic heterocycles. The zero-order valence-corrected chi connectivity index (χ0v) is 12.1. The molecule has 110 valence electrons. The molecule has 4 nitrogen and oxygen atoms in total. The van der Waals surface area contributed by atoms with Crippen molar-refractivity contribution in [2.24, 2.45) is 11.3 Å². The van der Waals surface area contributed by atoms with Gasteiger partial charge in [0, 0.05) is 12.8 Å². The highest BCUT2D eigenvalue weighted by atomic mass is 16.4. The van der Waals surface area contributed by atoms with Crippen LogP contribution >= 0.6 is 0 Å². The van der Waals surface area contributed by atoms with Gasteiger partial charge in [-0.25, -0.2) is 4.85 Å². The summed E-state index contributed by atoms with van der Waals surface area (Å²) in [7, 11) is 0. The Morgan fingerprint density at radius 2 is 2.14 bits per heavy atom. The topological polar surface area (TPSA) is 58.7 Å². The van der Waals surface area contributed by atoms with Crippen LogP contribution in [0.15, 0.2) is 24.3 Å². The van der Waals surface area contributed by atoms with Crippen LogP contribution in [0.4, 0.5) is 5.69 Å². The van der Waals surface area contributed by atoms with Crippen molar-refractivity contribution in [3.8, 4) is 0 Å². The minimum Gasteiger partial charge on any atom is -0.481 e. The second kappa shape index (κ2) is 6.09. The van der Waals surface area contributed by atoms with E-state index < -0.39 is 11.4 Å². The van der Waals surface area contributed by atoms with Crippen molar-refractivity contribution in [3.63, 3.8) is 0 Å². The Morgan fingerprint density at radius 1 is 1.43 bits per heavy atom. The summed E-state index contributed by atoms with van der Waals surface area (Å²) in [5.41, 5.74) is 0.385. The summed E-state index contributed by atoms with van der Waals surface area (Å²) in [5, 5.41) is 9.54. The fourth-order valence-electron chi connectivity index (χ4n) is 2.97. The Hall–Kier alpha value is -2.15. The second-order valence-electron chi connectivity index (χ2n) is 5.76. The molecule has 1 aromatic rings. The molecule has 1 unspecified atom stereocenters. The minimum absolute atomic E-state index is 0.0618. The summed E-state index contributed by atoms with van der Waals surface area (Å²) >= 11 is 0. The number of rotatable bonds is 7. The molecule has 21 heavy (non-hydrogen) atoms. The molecule has 0 heterocycles. The monoisotopic (exact) mass is 285 g/mol. The van der Waals surface area contributed by atoms with Gasteiger partial charge < -0.3 is 5.11 Å². The molecule has 1 atom stereocenters. The van der Waals surface area contributed by atoms with Gasteiger partial charge in [0.05, 0.1) is 12.0 Å². The number of ketones is 1. The highest BCUT2D eigenvalue weighted by Gasteiger charge is 2.50. The molecule has 0 spiro atoms. The Bertz CT molecular complexity index is 598. The molecule has 1 saturated carbocycles. The molecular weight excluding hydrogens is 266 g/mol. The van der Waals surface area contributed by atoms with E-state index in [2.05, 4.69) is 4.85 Å². The number of hydrogen-bond acceptors (Lipinski definition) is 2. The van der Waals surface area contributed by atoms with Gasteiger partial charge in [-0.1, -0.05) is 36.8 Å². The van der Waals surface area contributed by atoms with Gasteiger partial charge in [0.25, 0.3) is 0 Å². The van der Waals surface area contributed by atoms with Gasteiger partial charge in [-0.2, -0.15) is 0 Å². The van der Waals surface area contributed by atoms with E-state index in [1.165, 1.54) is 0 Å². The van der Waals surface area contributed by atoms with Crippen LogP contribution in [-0.4, -0.2) is 16.9 Å². The van der Waals surface area contributed by atoms with E-state index in [0.717, 1.165) is 18.4 Å². The molecule has 1 aliphatic carbocycles. The largest absolute Gasteiger partial charge is 0.481 e. The lowest BCUT2D eigenvalue weighted by Gasteiger charge is -2.27. The maximum Gasteiger partial charge on any atom is 0.310 e. The number of benzene rings is 1. The number of hydrogen-bond donors (Lipinski definition) is 1. The van der Waals surface area contributed by atoms with E-state index in [0.29, 0.717) is 12.1 Å². The summed E-state index contributed by atoms with van der Waals surface area (Å²) < 4.78 is 0. The van der Waals surface area contributed by atoms with E-state index in [-0.39, 0.29) is 24.5 Å². The minimum atomic E-state index is -0.894. The average molecular weight is 285 g/mol. The first kappa shape index (κ1) is 15.2. The number of Topliss-reactive ketones (excluding diaryl/α,β-unsaturated/α-hetero) is 1. The quantitative estimate of drug-likeness (QED) is 0.778. The lowest BCUT2D eigenvalue weighted by atomic mass is 9.75. The maximum atomic E-state index is 12.3. The van der Waals surface area contributed by atoms with Crippen LogP contribution in [-0.2, 0) is 16.0 Å². The SMILES string of the molecule is [C-]#[N+]c1cccc(CC(=O)CC(CC)(C(=O)O)C2CC2)c1. The fraction of sp³-hybridized carbons (Fsp3) is 0.471. The van der Waals surface area contributed by atoms with Crippen molar-refractivity contribution in [1.29, 1.82) is 0 Å². The van der Waals surface area contributed by atoms with E-state index >= 15 is 0 Å². The summed E-state index contributed by atoms with van der Waals surface area (Å²) in [6.07, 6.45) is 2.58. The first-order chi connectivity index (χ1) is 10.0. The predicted molar refractivity (Wildman–Crippen MR) is 79.1 cm³/mol. The number of aliphatic carboxylic acids is 1. The second-order valence-corrected chi connectivity index (χ2v) is 5.76. The predicted octanol–water partition coefficient (Wildman–Crippen LogP) is 3.63. The average Bonchev–Trinajstić information content (AvgIpc) is 3.29. The smallest absolute Gasteiger partial charge is 0.310 e. The van der Waals surface area contributed by atoms with Crippen molar-refractivity contribution in [2.75, 3.05) is 0 Å². The van der Waals surface area contributed by atoms with E-state index in [4.69, 9.17) is 6.57 Å². The van der Waals surface area contributed by atoms with E-state index in [9.17, 15) is 14.7 Å². The normalized spacial score (nSPS) is 16.8. The fourth-order valence-corrected chi connectivity index (χ4v) is 2.97. The summed E-state index contributed by atoms with van der Waals surface area (Å²) in [5.74, 6) is -0.775. The van der Waals surface area contributed by atoms with E-state index in [1.807, 2.05) is 6.92 Å². The zero-order chi connectivity index (χ0) is 15.5. The van der Waals surface area contributed by atoms with Crippen LogP contribution in [0.2, 0.25) is 0 Å². The molecule has 0 radical (unpaired) electrons. The molecule has 0 saturated heterocycles. The van der Waals surface area contributed by atoms with Crippen molar-refractivity contribution in [2.45, 2.75) is 39.0 Å². The third-order valence-corrected chi connectivity index (χ3v) is 4.37. The standard InChI is InChI=1S/C17H19NO3/c1-3-17(16(20)21,13-7-8-13)11-15(19)10-12-5-4-6-14(9-12)18-2/h4-6,9,13H,3,7-8,10-11H2,1H3,(H,20,21). The Balaban J connectivity index is 2.09.